The molecular weight excluding hydrogens is 324 g/mol. The minimum absolute atomic E-state index is 0.0173. The standard InChI is InChI=1S/C11H13BrO5S/c1-18(15,16)6-2-5-17-10-7-8(12)3-4-9(10)11(13)14/h3-4,7H,2,5-6H2,1H3,(H,13,14). The smallest absolute Gasteiger partial charge is 0.339 e. The Morgan fingerprint density at radius 2 is 2.11 bits per heavy atom. The molecule has 0 heterocycles. The third kappa shape index (κ3) is 5.05. The fraction of sp³-hybridized carbons (Fsp3) is 0.364. The van der Waals surface area contributed by atoms with Gasteiger partial charge < -0.3 is 9.84 Å². The van der Waals surface area contributed by atoms with Crippen LogP contribution in [0.15, 0.2) is 22.7 Å². The van der Waals surface area contributed by atoms with Gasteiger partial charge in [0.1, 0.15) is 21.2 Å². The molecule has 1 rings (SSSR count). The molecule has 5 nitrogen and oxygen atoms in total. The van der Waals surface area contributed by atoms with E-state index in [2.05, 4.69) is 15.9 Å². The monoisotopic (exact) mass is 336 g/mol. The number of halogens is 1. The molecule has 1 aromatic rings. The van der Waals surface area contributed by atoms with Crippen LogP contribution in [0.3, 0.4) is 0 Å². The summed E-state index contributed by atoms with van der Waals surface area (Å²) in [6.45, 7) is 0.157. The number of hydrogen-bond acceptors (Lipinski definition) is 4. The zero-order valence-corrected chi connectivity index (χ0v) is 12.1. The van der Waals surface area contributed by atoms with Crippen LogP contribution in [0.5, 0.6) is 5.75 Å². The van der Waals surface area contributed by atoms with Crippen LogP contribution >= 0.6 is 15.9 Å². The largest absolute Gasteiger partial charge is 0.493 e. The van der Waals surface area contributed by atoms with Crippen LogP contribution < -0.4 is 4.74 Å². The lowest BCUT2D eigenvalue weighted by molar-refractivity contribution is 0.0692. The van der Waals surface area contributed by atoms with E-state index in [-0.39, 0.29) is 23.7 Å². The first-order valence-electron chi connectivity index (χ1n) is 5.13. The molecule has 100 valence electrons. The van der Waals surface area contributed by atoms with E-state index in [9.17, 15) is 13.2 Å². The van der Waals surface area contributed by atoms with Crippen molar-refractivity contribution in [1.82, 2.24) is 0 Å². The molecule has 0 aliphatic carbocycles. The predicted octanol–water partition coefficient (Wildman–Crippen LogP) is 1.96. The summed E-state index contributed by atoms with van der Waals surface area (Å²) in [6, 6.07) is 4.58. The Labute approximate surface area is 114 Å². The number of ether oxygens (including phenoxy) is 1. The lowest BCUT2D eigenvalue weighted by atomic mass is 10.2. The summed E-state index contributed by atoms with van der Waals surface area (Å²) in [5.74, 6) is -0.838. The summed E-state index contributed by atoms with van der Waals surface area (Å²) in [6.07, 6.45) is 1.47. The summed E-state index contributed by atoms with van der Waals surface area (Å²) in [5.41, 5.74) is 0.0533. The number of carbonyl (C=O) groups is 1. The molecular formula is C11H13BrO5S. The van der Waals surface area contributed by atoms with Crippen molar-refractivity contribution < 1.29 is 23.1 Å². The van der Waals surface area contributed by atoms with E-state index in [0.29, 0.717) is 10.9 Å². The van der Waals surface area contributed by atoms with Crippen molar-refractivity contribution in [3.63, 3.8) is 0 Å². The van der Waals surface area contributed by atoms with Gasteiger partial charge in [0.15, 0.2) is 0 Å². The molecule has 0 unspecified atom stereocenters. The molecule has 0 fully saturated rings. The highest BCUT2D eigenvalue weighted by atomic mass is 79.9. The fourth-order valence-corrected chi connectivity index (χ4v) is 2.28. The van der Waals surface area contributed by atoms with Gasteiger partial charge in [-0.25, -0.2) is 13.2 Å². The van der Waals surface area contributed by atoms with Gasteiger partial charge in [-0.3, -0.25) is 0 Å². The highest BCUT2D eigenvalue weighted by Gasteiger charge is 2.11. The van der Waals surface area contributed by atoms with Gasteiger partial charge in [0.05, 0.1) is 12.4 Å². The highest BCUT2D eigenvalue weighted by Crippen LogP contribution is 2.23. The Bertz CT molecular complexity index is 538. The van der Waals surface area contributed by atoms with Gasteiger partial charge in [0.25, 0.3) is 0 Å². The maximum atomic E-state index is 10.9. The summed E-state index contributed by atoms with van der Waals surface area (Å²) in [7, 11) is -3.02. The molecule has 0 radical (unpaired) electrons. The molecule has 0 atom stereocenters. The second-order valence-electron chi connectivity index (χ2n) is 3.78. The normalized spacial score (nSPS) is 11.2. The molecule has 0 aromatic heterocycles. The third-order valence-electron chi connectivity index (χ3n) is 2.09. The third-order valence-corrected chi connectivity index (χ3v) is 3.61. The van der Waals surface area contributed by atoms with Gasteiger partial charge in [-0.2, -0.15) is 0 Å². The summed E-state index contributed by atoms with van der Waals surface area (Å²) in [4.78, 5) is 10.9. The SMILES string of the molecule is CS(=O)(=O)CCCOc1cc(Br)ccc1C(=O)O. The Kier molecular flexibility index (Phi) is 5.15. The van der Waals surface area contributed by atoms with Gasteiger partial charge in [-0.15, -0.1) is 0 Å². The van der Waals surface area contributed by atoms with E-state index in [1.54, 1.807) is 12.1 Å². The summed E-state index contributed by atoms with van der Waals surface area (Å²) in [5, 5.41) is 8.95. The Morgan fingerprint density at radius 1 is 1.44 bits per heavy atom. The zero-order chi connectivity index (χ0) is 13.8. The van der Waals surface area contributed by atoms with Crippen LogP contribution in [-0.4, -0.2) is 38.1 Å². The second kappa shape index (κ2) is 6.19. The van der Waals surface area contributed by atoms with Crippen LogP contribution in [0.1, 0.15) is 16.8 Å². The number of carboxylic acids is 1. The molecule has 0 spiro atoms. The molecule has 18 heavy (non-hydrogen) atoms. The Balaban J connectivity index is 2.66. The van der Waals surface area contributed by atoms with Gasteiger partial charge in [0, 0.05) is 10.7 Å². The molecule has 0 bridgehead atoms. The molecule has 7 heteroatoms. The first kappa shape index (κ1) is 15.0. The summed E-state index contributed by atoms with van der Waals surface area (Å²) >= 11 is 3.22. The van der Waals surface area contributed by atoms with E-state index < -0.39 is 15.8 Å². The van der Waals surface area contributed by atoms with Crippen LogP contribution in [0.2, 0.25) is 0 Å². The van der Waals surface area contributed by atoms with Crippen molar-refractivity contribution in [3.8, 4) is 5.75 Å². The molecule has 0 saturated carbocycles. The molecule has 0 saturated heterocycles. The molecule has 1 aromatic carbocycles. The lowest BCUT2D eigenvalue weighted by Crippen LogP contribution is -2.09. The molecule has 0 amide bonds. The lowest BCUT2D eigenvalue weighted by Gasteiger charge is -2.09. The van der Waals surface area contributed by atoms with Crippen molar-refractivity contribution >= 4 is 31.7 Å². The number of rotatable bonds is 6. The van der Waals surface area contributed by atoms with Gasteiger partial charge >= 0.3 is 5.97 Å². The predicted molar refractivity (Wildman–Crippen MR) is 70.9 cm³/mol. The van der Waals surface area contributed by atoms with E-state index in [1.165, 1.54) is 6.07 Å². The van der Waals surface area contributed by atoms with E-state index in [4.69, 9.17) is 9.84 Å². The van der Waals surface area contributed by atoms with E-state index in [0.717, 1.165) is 6.26 Å². The molecule has 1 N–H and O–H groups in total. The quantitative estimate of drug-likeness (QED) is 0.803. The number of carboxylic acid groups (broad SMARTS) is 1. The van der Waals surface area contributed by atoms with Crippen molar-refractivity contribution in [2.45, 2.75) is 6.42 Å². The fourth-order valence-electron chi connectivity index (χ4n) is 1.30. The number of benzene rings is 1. The first-order valence-corrected chi connectivity index (χ1v) is 7.98. The highest BCUT2D eigenvalue weighted by molar-refractivity contribution is 9.10. The number of aromatic carboxylic acids is 1. The van der Waals surface area contributed by atoms with Crippen molar-refractivity contribution in [1.29, 1.82) is 0 Å². The van der Waals surface area contributed by atoms with Crippen LogP contribution in [0.25, 0.3) is 0 Å². The van der Waals surface area contributed by atoms with Crippen LogP contribution in [0, 0.1) is 0 Å². The molecule has 0 aliphatic heterocycles. The average molecular weight is 337 g/mol. The number of hydrogen-bond donors (Lipinski definition) is 1. The maximum Gasteiger partial charge on any atom is 0.339 e. The topological polar surface area (TPSA) is 80.7 Å². The van der Waals surface area contributed by atoms with Gasteiger partial charge in [-0.05, 0) is 24.6 Å². The maximum absolute atomic E-state index is 10.9. The Morgan fingerprint density at radius 3 is 2.67 bits per heavy atom. The average Bonchev–Trinajstić information content (AvgIpc) is 2.22. The molecule has 0 aliphatic rings. The van der Waals surface area contributed by atoms with Gasteiger partial charge in [0.2, 0.25) is 0 Å². The second-order valence-corrected chi connectivity index (χ2v) is 6.95. The van der Waals surface area contributed by atoms with Crippen molar-refractivity contribution in [2.24, 2.45) is 0 Å². The van der Waals surface area contributed by atoms with Gasteiger partial charge in [-0.1, -0.05) is 15.9 Å². The minimum Gasteiger partial charge on any atom is -0.493 e. The van der Waals surface area contributed by atoms with E-state index in [1.807, 2.05) is 0 Å². The van der Waals surface area contributed by atoms with Crippen LogP contribution in [0.4, 0.5) is 0 Å². The zero-order valence-electron chi connectivity index (χ0n) is 9.72. The summed E-state index contributed by atoms with van der Waals surface area (Å²) < 4.78 is 27.8. The van der Waals surface area contributed by atoms with Crippen molar-refractivity contribution in [3.05, 3.63) is 28.2 Å². The Hall–Kier alpha value is -1.08. The van der Waals surface area contributed by atoms with E-state index >= 15 is 0 Å². The van der Waals surface area contributed by atoms with Crippen LogP contribution in [-0.2, 0) is 9.84 Å². The minimum atomic E-state index is -3.02. The number of sulfone groups is 1. The first-order chi connectivity index (χ1) is 8.29. The van der Waals surface area contributed by atoms with Crippen molar-refractivity contribution in [2.75, 3.05) is 18.6 Å².